The van der Waals surface area contributed by atoms with Crippen molar-refractivity contribution < 1.29 is 9.53 Å². The maximum atomic E-state index is 11.9. The van der Waals surface area contributed by atoms with Gasteiger partial charge in [0.1, 0.15) is 0 Å². The molecular weight excluding hydrogens is 352 g/mol. The lowest BCUT2D eigenvalue weighted by molar-refractivity contribution is 0.139. The van der Waals surface area contributed by atoms with E-state index in [9.17, 15) is 4.79 Å². The highest BCUT2D eigenvalue weighted by Gasteiger charge is 2.22. The summed E-state index contributed by atoms with van der Waals surface area (Å²) in [6.45, 7) is 10.2. The van der Waals surface area contributed by atoms with Crippen LogP contribution in [0.2, 0.25) is 0 Å². The molecule has 6 heteroatoms. The Morgan fingerprint density at radius 3 is 2.64 bits per heavy atom. The monoisotopic (exact) mass is 388 g/mol. The maximum absolute atomic E-state index is 11.9. The summed E-state index contributed by atoms with van der Waals surface area (Å²) in [5.74, 6) is 3.00. The number of carbonyl (C=O) groups is 1. The number of rotatable bonds is 10. The number of nitrogens with zero attached hydrogens (tertiary/aromatic N) is 2. The van der Waals surface area contributed by atoms with Crippen molar-refractivity contribution in [2.45, 2.75) is 52.5 Å². The third kappa shape index (κ3) is 7.66. The van der Waals surface area contributed by atoms with Gasteiger partial charge in [0.05, 0.1) is 6.61 Å². The first kappa shape index (κ1) is 20.9. The number of ether oxygens (including phenoxy) is 1. The first-order valence-electron chi connectivity index (χ1n) is 10.9. The molecule has 1 aromatic heterocycles. The van der Waals surface area contributed by atoms with E-state index in [1.165, 1.54) is 32.4 Å². The number of urea groups is 1. The normalized spacial score (nSPS) is 22.6. The van der Waals surface area contributed by atoms with Crippen molar-refractivity contribution in [3.63, 3.8) is 0 Å². The zero-order valence-corrected chi connectivity index (χ0v) is 17.5. The van der Waals surface area contributed by atoms with E-state index >= 15 is 0 Å². The van der Waals surface area contributed by atoms with Crippen LogP contribution in [-0.2, 0) is 6.54 Å². The molecule has 2 aliphatic rings. The van der Waals surface area contributed by atoms with Gasteiger partial charge < -0.3 is 20.3 Å². The average Bonchev–Trinajstić information content (AvgIpc) is 3.49. The molecule has 28 heavy (non-hydrogen) atoms. The van der Waals surface area contributed by atoms with Gasteiger partial charge in [-0.3, -0.25) is 0 Å². The Morgan fingerprint density at radius 2 is 1.96 bits per heavy atom. The van der Waals surface area contributed by atoms with Crippen LogP contribution in [0.5, 0.6) is 5.88 Å². The minimum absolute atomic E-state index is 0.116. The first-order chi connectivity index (χ1) is 13.6. The van der Waals surface area contributed by atoms with Crippen LogP contribution in [0.3, 0.4) is 0 Å². The molecule has 3 rings (SSSR count). The number of hydrogen-bond acceptors (Lipinski definition) is 4. The summed E-state index contributed by atoms with van der Waals surface area (Å²) in [6.07, 6.45) is 7.81. The van der Waals surface area contributed by atoms with Gasteiger partial charge in [0.25, 0.3) is 0 Å². The van der Waals surface area contributed by atoms with Crippen molar-refractivity contribution in [3.05, 3.63) is 23.9 Å². The number of carbonyl (C=O) groups excluding carboxylic acids is 1. The van der Waals surface area contributed by atoms with Crippen molar-refractivity contribution >= 4 is 6.03 Å². The summed E-state index contributed by atoms with van der Waals surface area (Å²) in [4.78, 5) is 18.8. The van der Waals surface area contributed by atoms with Crippen LogP contribution in [0, 0.1) is 17.8 Å². The van der Waals surface area contributed by atoms with Gasteiger partial charge in [0.15, 0.2) is 0 Å². The van der Waals surface area contributed by atoms with Gasteiger partial charge >= 0.3 is 6.03 Å². The first-order valence-corrected chi connectivity index (χ1v) is 10.9. The molecule has 2 unspecified atom stereocenters. The van der Waals surface area contributed by atoms with E-state index in [1.807, 2.05) is 12.1 Å². The van der Waals surface area contributed by atoms with Crippen LogP contribution >= 0.6 is 0 Å². The van der Waals surface area contributed by atoms with E-state index in [4.69, 9.17) is 4.74 Å². The van der Waals surface area contributed by atoms with Gasteiger partial charge in [-0.1, -0.05) is 19.9 Å². The Morgan fingerprint density at radius 1 is 1.18 bits per heavy atom. The lowest BCUT2D eigenvalue weighted by atomic mass is 9.92. The molecule has 0 spiro atoms. The molecule has 1 saturated heterocycles. The SMILES string of the molecule is CC1CC(C)CN(CCCCNC(=O)NCc2ccc(OCC3CC3)nc2)C1. The third-order valence-corrected chi connectivity index (χ3v) is 5.55. The molecule has 1 saturated carbocycles. The van der Waals surface area contributed by atoms with Crippen molar-refractivity contribution in [2.24, 2.45) is 17.8 Å². The number of pyridine rings is 1. The standard InChI is InChI=1S/C22H36N4O2/c1-17-11-18(2)15-26(14-17)10-4-3-9-23-22(27)25-13-20-7-8-21(24-12-20)28-16-19-5-6-19/h7-8,12,17-19H,3-6,9-11,13-16H2,1-2H3,(H2,23,25,27). The molecule has 156 valence electrons. The van der Waals surface area contributed by atoms with Gasteiger partial charge in [-0.15, -0.1) is 0 Å². The van der Waals surface area contributed by atoms with Crippen molar-refractivity contribution in [1.29, 1.82) is 0 Å². The smallest absolute Gasteiger partial charge is 0.315 e. The molecule has 1 aliphatic heterocycles. The van der Waals surface area contributed by atoms with E-state index in [2.05, 4.69) is 34.4 Å². The van der Waals surface area contributed by atoms with Gasteiger partial charge in [-0.2, -0.15) is 0 Å². The predicted molar refractivity (Wildman–Crippen MR) is 111 cm³/mol. The highest BCUT2D eigenvalue weighted by Crippen LogP contribution is 2.29. The fourth-order valence-electron chi connectivity index (χ4n) is 3.97. The molecule has 0 radical (unpaired) electrons. The molecular formula is C22H36N4O2. The number of aromatic nitrogens is 1. The van der Waals surface area contributed by atoms with E-state index in [1.54, 1.807) is 6.20 Å². The molecule has 0 aromatic carbocycles. The van der Waals surface area contributed by atoms with Crippen LogP contribution in [0.4, 0.5) is 4.79 Å². The molecule has 2 amide bonds. The number of piperidine rings is 1. The van der Waals surface area contributed by atoms with Gasteiger partial charge in [-0.25, -0.2) is 9.78 Å². The second kappa shape index (κ2) is 10.6. The summed E-state index contributed by atoms with van der Waals surface area (Å²) in [6, 6.07) is 3.71. The number of amides is 2. The fourth-order valence-corrected chi connectivity index (χ4v) is 3.97. The molecule has 2 heterocycles. The molecule has 2 N–H and O–H groups in total. The molecule has 1 aromatic rings. The van der Waals surface area contributed by atoms with Crippen LogP contribution in [0.15, 0.2) is 18.3 Å². The molecule has 0 bridgehead atoms. The molecule has 2 fully saturated rings. The Hall–Kier alpha value is -1.82. The zero-order valence-electron chi connectivity index (χ0n) is 17.5. The van der Waals surface area contributed by atoms with E-state index in [0.29, 0.717) is 12.4 Å². The third-order valence-electron chi connectivity index (χ3n) is 5.55. The van der Waals surface area contributed by atoms with Crippen molar-refractivity contribution in [2.75, 3.05) is 32.8 Å². The number of unbranched alkanes of at least 4 members (excludes halogenated alkanes) is 1. The highest BCUT2D eigenvalue weighted by atomic mass is 16.5. The predicted octanol–water partition coefficient (Wildman–Crippen LogP) is 3.43. The summed E-state index contributed by atoms with van der Waals surface area (Å²) in [7, 11) is 0. The Balaban J connectivity index is 1.22. The quantitative estimate of drug-likeness (QED) is 0.603. The van der Waals surface area contributed by atoms with Crippen molar-refractivity contribution in [1.82, 2.24) is 20.5 Å². The summed E-state index contributed by atoms with van der Waals surface area (Å²) in [5.41, 5.74) is 0.974. The molecule has 2 atom stereocenters. The van der Waals surface area contributed by atoms with Crippen molar-refractivity contribution in [3.8, 4) is 5.88 Å². The lowest BCUT2D eigenvalue weighted by Crippen LogP contribution is -2.39. The molecule has 6 nitrogen and oxygen atoms in total. The summed E-state index contributed by atoms with van der Waals surface area (Å²) >= 11 is 0. The van der Waals surface area contributed by atoms with Crippen LogP contribution in [0.25, 0.3) is 0 Å². The van der Waals surface area contributed by atoms with E-state index in [-0.39, 0.29) is 6.03 Å². The van der Waals surface area contributed by atoms with Crippen LogP contribution < -0.4 is 15.4 Å². The second-order valence-electron chi connectivity index (χ2n) is 8.78. The lowest BCUT2D eigenvalue weighted by Gasteiger charge is -2.34. The fraction of sp³-hybridized carbons (Fsp3) is 0.727. The van der Waals surface area contributed by atoms with Gasteiger partial charge in [-0.05, 0) is 62.0 Å². The maximum Gasteiger partial charge on any atom is 0.315 e. The van der Waals surface area contributed by atoms with E-state index in [0.717, 1.165) is 55.9 Å². The average molecular weight is 389 g/mol. The summed E-state index contributed by atoms with van der Waals surface area (Å²) in [5, 5.41) is 5.83. The minimum Gasteiger partial charge on any atom is -0.477 e. The summed E-state index contributed by atoms with van der Waals surface area (Å²) < 4.78 is 5.63. The van der Waals surface area contributed by atoms with Crippen LogP contribution in [0.1, 0.15) is 51.5 Å². The van der Waals surface area contributed by atoms with Gasteiger partial charge in [0.2, 0.25) is 5.88 Å². The largest absolute Gasteiger partial charge is 0.477 e. The Kier molecular flexibility index (Phi) is 7.95. The molecule has 1 aliphatic carbocycles. The Bertz CT molecular complexity index is 593. The Labute approximate surface area is 169 Å². The second-order valence-corrected chi connectivity index (χ2v) is 8.78. The van der Waals surface area contributed by atoms with Gasteiger partial charge in [0, 0.05) is 38.4 Å². The van der Waals surface area contributed by atoms with E-state index < -0.39 is 0 Å². The number of hydrogen-bond donors (Lipinski definition) is 2. The number of likely N-dealkylation sites (tertiary alicyclic amines) is 1. The van der Waals surface area contributed by atoms with Crippen LogP contribution in [-0.4, -0.2) is 48.7 Å². The highest BCUT2D eigenvalue weighted by molar-refractivity contribution is 5.73. The topological polar surface area (TPSA) is 66.5 Å². The number of nitrogens with one attached hydrogen (secondary N) is 2. The zero-order chi connectivity index (χ0) is 19.8. The minimum atomic E-state index is -0.116.